The van der Waals surface area contributed by atoms with E-state index in [1.54, 1.807) is 6.20 Å². The third-order valence-electron chi connectivity index (χ3n) is 4.57. The largest absolute Gasteiger partial charge is 0.378 e. The molecule has 0 spiro atoms. The summed E-state index contributed by atoms with van der Waals surface area (Å²) in [6.07, 6.45) is 3.16. The van der Waals surface area contributed by atoms with Crippen molar-refractivity contribution in [3.63, 3.8) is 0 Å². The van der Waals surface area contributed by atoms with E-state index >= 15 is 0 Å². The third-order valence-corrected chi connectivity index (χ3v) is 4.57. The molecule has 0 unspecified atom stereocenters. The lowest BCUT2D eigenvalue weighted by atomic mass is 9.81. The summed E-state index contributed by atoms with van der Waals surface area (Å²) < 4.78 is 5.33. The van der Waals surface area contributed by atoms with Crippen LogP contribution in [-0.2, 0) is 9.53 Å². The fraction of sp³-hybridized carbons (Fsp3) is 0.625. The van der Waals surface area contributed by atoms with Crippen molar-refractivity contribution >= 4 is 17.4 Å². The van der Waals surface area contributed by atoms with Crippen molar-refractivity contribution in [1.29, 1.82) is 0 Å². The number of amides is 1. The highest BCUT2D eigenvalue weighted by molar-refractivity contribution is 5.95. The van der Waals surface area contributed by atoms with E-state index in [0.29, 0.717) is 12.2 Å². The maximum atomic E-state index is 12.5. The Morgan fingerprint density at radius 3 is 2.55 bits per heavy atom. The topological polar surface area (TPSA) is 80.5 Å². The Morgan fingerprint density at radius 1 is 1.36 bits per heavy atom. The number of hydrogen-bond acceptors (Lipinski definition) is 5. The molecule has 0 aliphatic carbocycles. The number of anilines is 2. The number of ether oxygens (including phenoxy) is 1. The molecule has 22 heavy (non-hydrogen) atoms. The molecule has 6 heteroatoms. The number of carbonyl (C=O) groups is 1. The van der Waals surface area contributed by atoms with Crippen LogP contribution in [0.3, 0.4) is 0 Å². The molecule has 6 nitrogen and oxygen atoms in total. The van der Waals surface area contributed by atoms with Crippen LogP contribution in [0.5, 0.6) is 0 Å². The summed E-state index contributed by atoms with van der Waals surface area (Å²) in [5.74, 6) is 0.887. The maximum absolute atomic E-state index is 12.5. The molecule has 122 valence electrons. The van der Waals surface area contributed by atoms with Crippen LogP contribution < -0.4 is 16.0 Å². The van der Waals surface area contributed by atoms with Gasteiger partial charge >= 0.3 is 0 Å². The van der Waals surface area contributed by atoms with Gasteiger partial charge in [-0.1, -0.05) is 13.8 Å². The second-order valence-corrected chi connectivity index (χ2v) is 5.65. The van der Waals surface area contributed by atoms with Gasteiger partial charge in [0.15, 0.2) is 0 Å². The van der Waals surface area contributed by atoms with Gasteiger partial charge in [0.2, 0.25) is 5.91 Å². The van der Waals surface area contributed by atoms with Crippen molar-refractivity contribution in [2.24, 2.45) is 11.1 Å². The molecule has 0 bridgehead atoms. The van der Waals surface area contributed by atoms with Crippen LogP contribution in [0.1, 0.15) is 26.7 Å². The number of nitrogens with two attached hydrogens (primary N) is 1. The van der Waals surface area contributed by atoms with E-state index in [9.17, 15) is 4.79 Å². The van der Waals surface area contributed by atoms with Gasteiger partial charge in [-0.2, -0.15) is 0 Å². The zero-order valence-electron chi connectivity index (χ0n) is 13.5. The van der Waals surface area contributed by atoms with Crippen LogP contribution >= 0.6 is 0 Å². The third kappa shape index (κ3) is 3.56. The van der Waals surface area contributed by atoms with Crippen molar-refractivity contribution in [3.8, 4) is 0 Å². The molecule has 0 aromatic carbocycles. The Morgan fingerprint density at radius 2 is 2.05 bits per heavy atom. The lowest BCUT2D eigenvalue weighted by Gasteiger charge is -2.29. The first-order valence-corrected chi connectivity index (χ1v) is 7.95. The maximum Gasteiger partial charge on any atom is 0.231 e. The summed E-state index contributed by atoms with van der Waals surface area (Å²) in [6, 6.07) is 3.82. The van der Waals surface area contributed by atoms with Crippen LogP contribution in [-0.4, -0.2) is 43.7 Å². The molecular formula is C16H26N4O2. The molecule has 1 aromatic rings. The monoisotopic (exact) mass is 306 g/mol. The number of rotatable bonds is 6. The highest BCUT2D eigenvalue weighted by Gasteiger charge is 2.33. The van der Waals surface area contributed by atoms with Crippen LogP contribution in [0.15, 0.2) is 18.3 Å². The molecule has 0 saturated carbocycles. The standard InChI is InChI=1S/C16H26N4O2/c1-3-16(4-2,12-17)15(21)19-13-5-6-14(18-11-13)20-7-9-22-10-8-20/h5-6,11H,3-4,7-10,12,17H2,1-2H3,(H,19,21). The molecule has 1 aliphatic heterocycles. The predicted molar refractivity (Wildman–Crippen MR) is 88.0 cm³/mol. The molecular weight excluding hydrogens is 280 g/mol. The molecule has 0 atom stereocenters. The second-order valence-electron chi connectivity index (χ2n) is 5.65. The Hall–Kier alpha value is -1.66. The molecule has 1 saturated heterocycles. The Kier molecular flexibility index (Phi) is 5.74. The van der Waals surface area contributed by atoms with Crippen LogP contribution in [0.4, 0.5) is 11.5 Å². The summed E-state index contributed by atoms with van der Waals surface area (Å²) in [7, 11) is 0. The number of aromatic nitrogens is 1. The fourth-order valence-electron chi connectivity index (χ4n) is 2.66. The summed E-state index contributed by atoms with van der Waals surface area (Å²) in [4.78, 5) is 19.1. The summed E-state index contributed by atoms with van der Waals surface area (Å²) in [5, 5.41) is 2.94. The number of carbonyl (C=O) groups excluding carboxylic acids is 1. The van der Waals surface area contributed by atoms with Crippen molar-refractivity contribution in [1.82, 2.24) is 4.98 Å². The molecule has 0 radical (unpaired) electrons. The number of pyridine rings is 1. The SMILES string of the molecule is CCC(CC)(CN)C(=O)Nc1ccc(N2CCOCC2)nc1. The van der Waals surface area contributed by atoms with E-state index in [0.717, 1.165) is 45.0 Å². The zero-order valence-corrected chi connectivity index (χ0v) is 13.5. The average molecular weight is 306 g/mol. The van der Waals surface area contributed by atoms with Gasteiger partial charge < -0.3 is 20.7 Å². The number of hydrogen-bond donors (Lipinski definition) is 2. The second kappa shape index (κ2) is 7.56. The molecule has 1 aliphatic rings. The quantitative estimate of drug-likeness (QED) is 0.835. The summed E-state index contributed by atoms with van der Waals surface area (Å²) in [6.45, 7) is 7.50. The highest BCUT2D eigenvalue weighted by Crippen LogP contribution is 2.27. The first-order chi connectivity index (χ1) is 10.6. The number of nitrogens with zero attached hydrogens (tertiary/aromatic N) is 2. The van der Waals surface area contributed by atoms with Gasteiger partial charge in [0.1, 0.15) is 5.82 Å². The van der Waals surface area contributed by atoms with Gasteiger partial charge in [0.25, 0.3) is 0 Å². The van der Waals surface area contributed by atoms with E-state index in [-0.39, 0.29) is 5.91 Å². The van der Waals surface area contributed by atoms with Gasteiger partial charge in [0.05, 0.1) is 30.5 Å². The van der Waals surface area contributed by atoms with Gasteiger partial charge in [0, 0.05) is 19.6 Å². The molecule has 3 N–H and O–H groups in total. The van der Waals surface area contributed by atoms with E-state index < -0.39 is 5.41 Å². The Labute approximate surface area is 132 Å². The average Bonchev–Trinajstić information content (AvgIpc) is 2.58. The minimum atomic E-state index is -0.497. The van der Waals surface area contributed by atoms with Gasteiger partial charge in [-0.3, -0.25) is 4.79 Å². The van der Waals surface area contributed by atoms with Gasteiger partial charge in [-0.15, -0.1) is 0 Å². The van der Waals surface area contributed by atoms with E-state index in [1.807, 2.05) is 26.0 Å². The normalized spacial score (nSPS) is 15.7. The molecule has 1 amide bonds. The smallest absolute Gasteiger partial charge is 0.231 e. The van der Waals surface area contributed by atoms with Crippen molar-refractivity contribution in [3.05, 3.63) is 18.3 Å². The van der Waals surface area contributed by atoms with Crippen molar-refractivity contribution < 1.29 is 9.53 Å². The minimum Gasteiger partial charge on any atom is -0.378 e. The first kappa shape index (κ1) is 16.7. The lowest BCUT2D eigenvalue weighted by Crippen LogP contribution is -2.41. The van der Waals surface area contributed by atoms with E-state index in [4.69, 9.17) is 10.5 Å². The van der Waals surface area contributed by atoms with Crippen molar-refractivity contribution in [2.45, 2.75) is 26.7 Å². The van der Waals surface area contributed by atoms with Gasteiger partial charge in [-0.05, 0) is 25.0 Å². The molecule has 1 aromatic heterocycles. The summed E-state index contributed by atoms with van der Waals surface area (Å²) in [5.41, 5.74) is 6.02. The molecule has 2 heterocycles. The first-order valence-electron chi connectivity index (χ1n) is 7.95. The van der Waals surface area contributed by atoms with Crippen LogP contribution in [0.2, 0.25) is 0 Å². The minimum absolute atomic E-state index is 0.0269. The molecule has 2 rings (SSSR count). The van der Waals surface area contributed by atoms with E-state index in [1.165, 1.54) is 0 Å². The number of morpholine rings is 1. The highest BCUT2D eigenvalue weighted by atomic mass is 16.5. The van der Waals surface area contributed by atoms with E-state index in [2.05, 4.69) is 15.2 Å². The van der Waals surface area contributed by atoms with Crippen LogP contribution in [0.25, 0.3) is 0 Å². The van der Waals surface area contributed by atoms with Gasteiger partial charge in [-0.25, -0.2) is 4.98 Å². The number of nitrogens with one attached hydrogen (secondary N) is 1. The van der Waals surface area contributed by atoms with Crippen molar-refractivity contribution in [2.75, 3.05) is 43.1 Å². The van der Waals surface area contributed by atoms with Crippen LogP contribution in [0, 0.1) is 5.41 Å². The summed E-state index contributed by atoms with van der Waals surface area (Å²) >= 11 is 0. The Bertz CT molecular complexity index is 471. The zero-order chi connectivity index (χ0) is 16.0. The fourth-order valence-corrected chi connectivity index (χ4v) is 2.66. The lowest BCUT2D eigenvalue weighted by molar-refractivity contribution is -0.125. The predicted octanol–water partition coefficient (Wildman–Crippen LogP) is 1.62. The molecule has 1 fully saturated rings. The Balaban J connectivity index is 2.02.